The van der Waals surface area contributed by atoms with E-state index in [0.29, 0.717) is 18.5 Å². The van der Waals surface area contributed by atoms with Crippen molar-refractivity contribution in [1.82, 2.24) is 15.5 Å². The molecule has 0 atom stereocenters. The molecule has 5 nitrogen and oxygen atoms in total. The second-order valence-electron chi connectivity index (χ2n) is 3.87. The van der Waals surface area contributed by atoms with Crippen LogP contribution in [0.3, 0.4) is 0 Å². The van der Waals surface area contributed by atoms with Crippen molar-refractivity contribution >= 4 is 0 Å². The van der Waals surface area contributed by atoms with Gasteiger partial charge in [-0.1, -0.05) is 5.16 Å². The lowest BCUT2D eigenvalue weighted by molar-refractivity contribution is -0.177. The van der Waals surface area contributed by atoms with E-state index in [2.05, 4.69) is 20.2 Å². The standard InChI is InChI=1S/C9H12F3N3O2/c10-9(11,12)5-16-4-7-14-8(17-15-7)3-13-6-1-2-6/h6,13H,1-5H2. The molecule has 0 saturated heterocycles. The van der Waals surface area contributed by atoms with Crippen LogP contribution < -0.4 is 5.32 Å². The largest absolute Gasteiger partial charge is 0.411 e. The summed E-state index contributed by atoms with van der Waals surface area (Å²) >= 11 is 0. The molecule has 1 N–H and O–H groups in total. The molecule has 2 rings (SSSR count). The van der Waals surface area contributed by atoms with Gasteiger partial charge in [0.2, 0.25) is 5.89 Å². The second kappa shape index (κ2) is 5.01. The lowest BCUT2D eigenvalue weighted by atomic mass is 10.5. The third kappa shape index (κ3) is 4.70. The van der Waals surface area contributed by atoms with Crippen LogP contribution in [0.15, 0.2) is 4.52 Å². The molecule has 1 aliphatic carbocycles. The molecule has 8 heteroatoms. The third-order valence-corrected chi connectivity index (χ3v) is 2.13. The van der Waals surface area contributed by atoms with Crippen molar-refractivity contribution in [3.05, 3.63) is 11.7 Å². The Morgan fingerprint density at radius 3 is 2.82 bits per heavy atom. The molecule has 1 heterocycles. The summed E-state index contributed by atoms with van der Waals surface area (Å²) in [4.78, 5) is 3.90. The van der Waals surface area contributed by atoms with Crippen LogP contribution in [-0.2, 0) is 17.9 Å². The molecule has 1 aromatic heterocycles. The first-order valence-electron chi connectivity index (χ1n) is 5.22. The molecule has 0 aliphatic heterocycles. The SMILES string of the molecule is FC(F)(F)COCc1noc(CNC2CC2)n1. The molecular weight excluding hydrogens is 239 g/mol. The van der Waals surface area contributed by atoms with E-state index in [1.54, 1.807) is 0 Å². The van der Waals surface area contributed by atoms with Crippen LogP contribution in [0, 0.1) is 0 Å². The Morgan fingerprint density at radius 1 is 1.41 bits per heavy atom. The quantitative estimate of drug-likeness (QED) is 0.828. The molecule has 17 heavy (non-hydrogen) atoms. The molecule has 1 fully saturated rings. The number of aromatic nitrogens is 2. The summed E-state index contributed by atoms with van der Waals surface area (Å²) in [5, 5.41) is 6.67. The normalized spacial score (nSPS) is 16.4. The predicted molar refractivity (Wildman–Crippen MR) is 49.9 cm³/mol. The van der Waals surface area contributed by atoms with Crippen molar-refractivity contribution in [2.45, 2.75) is 38.2 Å². The smallest absolute Gasteiger partial charge is 0.364 e. The predicted octanol–water partition coefficient (Wildman–Crippen LogP) is 1.40. The maximum Gasteiger partial charge on any atom is 0.411 e. The highest BCUT2D eigenvalue weighted by molar-refractivity contribution is 4.87. The van der Waals surface area contributed by atoms with Crippen LogP contribution in [-0.4, -0.2) is 29.0 Å². The van der Waals surface area contributed by atoms with Gasteiger partial charge in [0.15, 0.2) is 5.82 Å². The highest BCUT2D eigenvalue weighted by Crippen LogP contribution is 2.19. The Labute approximate surface area is 95.3 Å². The van der Waals surface area contributed by atoms with Crippen molar-refractivity contribution < 1.29 is 22.4 Å². The van der Waals surface area contributed by atoms with Crippen molar-refractivity contribution in [3.63, 3.8) is 0 Å². The highest BCUT2D eigenvalue weighted by Gasteiger charge is 2.27. The zero-order chi connectivity index (χ0) is 12.3. The van der Waals surface area contributed by atoms with Crippen LogP contribution in [0.5, 0.6) is 0 Å². The van der Waals surface area contributed by atoms with Crippen molar-refractivity contribution in [3.8, 4) is 0 Å². The van der Waals surface area contributed by atoms with Crippen molar-refractivity contribution in [2.24, 2.45) is 0 Å². The first-order valence-corrected chi connectivity index (χ1v) is 5.22. The fourth-order valence-electron chi connectivity index (χ4n) is 1.20. The van der Waals surface area contributed by atoms with Gasteiger partial charge < -0.3 is 14.6 Å². The summed E-state index contributed by atoms with van der Waals surface area (Å²) in [6.45, 7) is -1.17. The fraction of sp³-hybridized carbons (Fsp3) is 0.778. The summed E-state index contributed by atoms with van der Waals surface area (Å²) in [5.74, 6) is 0.490. The first-order chi connectivity index (χ1) is 8.03. The number of nitrogens with one attached hydrogen (secondary N) is 1. The number of rotatable bonds is 6. The van der Waals surface area contributed by atoms with Crippen LogP contribution in [0.2, 0.25) is 0 Å². The van der Waals surface area contributed by atoms with Gasteiger partial charge in [-0.25, -0.2) is 0 Å². The van der Waals surface area contributed by atoms with Gasteiger partial charge in [0.05, 0.1) is 6.54 Å². The summed E-state index contributed by atoms with van der Waals surface area (Å²) < 4.78 is 44.6. The monoisotopic (exact) mass is 251 g/mol. The summed E-state index contributed by atoms with van der Waals surface area (Å²) in [6, 6.07) is 0.506. The molecule has 0 unspecified atom stereocenters. The minimum Gasteiger partial charge on any atom is -0.364 e. The van der Waals surface area contributed by atoms with Crippen LogP contribution in [0.25, 0.3) is 0 Å². The van der Waals surface area contributed by atoms with Crippen LogP contribution in [0.4, 0.5) is 13.2 Å². The molecule has 0 aromatic carbocycles. The number of nitrogens with zero attached hydrogens (tertiary/aromatic N) is 2. The lowest BCUT2D eigenvalue weighted by Crippen LogP contribution is -2.17. The van der Waals surface area contributed by atoms with E-state index in [1.807, 2.05) is 0 Å². The average Bonchev–Trinajstić information content (AvgIpc) is 2.95. The van der Waals surface area contributed by atoms with Gasteiger partial charge in [-0.05, 0) is 12.8 Å². The Balaban J connectivity index is 1.69. The van der Waals surface area contributed by atoms with Crippen LogP contribution in [0.1, 0.15) is 24.6 Å². The zero-order valence-corrected chi connectivity index (χ0v) is 8.96. The summed E-state index contributed by atoms with van der Waals surface area (Å²) in [7, 11) is 0. The van der Waals surface area contributed by atoms with Gasteiger partial charge in [0.1, 0.15) is 13.2 Å². The summed E-state index contributed by atoms with van der Waals surface area (Å²) in [6.07, 6.45) is -2.06. The molecule has 0 amide bonds. The Hall–Kier alpha value is -1.15. The molecule has 0 bridgehead atoms. The molecule has 0 spiro atoms. The van der Waals surface area contributed by atoms with Gasteiger partial charge in [0, 0.05) is 6.04 Å². The third-order valence-electron chi connectivity index (χ3n) is 2.13. The van der Waals surface area contributed by atoms with Crippen molar-refractivity contribution in [2.75, 3.05) is 6.61 Å². The van der Waals surface area contributed by atoms with Gasteiger partial charge in [-0.3, -0.25) is 0 Å². The van der Waals surface area contributed by atoms with E-state index in [9.17, 15) is 13.2 Å². The number of hydrogen-bond acceptors (Lipinski definition) is 5. The highest BCUT2D eigenvalue weighted by atomic mass is 19.4. The first kappa shape index (κ1) is 12.3. The number of halogens is 3. The fourth-order valence-corrected chi connectivity index (χ4v) is 1.20. The van der Waals surface area contributed by atoms with E-state index >= 15 is 0 Å². The van der Waals surface area contributed by atoms with Crippen LogP contribution >= 0.6 is 0 Å². The minimum atomic E-state index is -4.33. The molecule has 1 aliphatic rings. The average molecular weight is 251 g/mol. The summed E-state index contributed by atoms with van der Waals surface area (Å²) in [5.41, 5.74) is 0. The lowest BCUT2D eigenvalue weighted by Gasteiger charge is -2.04. The number of hydrogen-bond donors (Lipinski definition) is 1. The Bertz CT molecular complexity index is 363. The maximum atomic E-state index is 11.8. The van der Waals surface area contributed by atoms with E-state index in [1.165, 1.54) is 0 Å². The molecule has 1 saturated carbocycles. The van der Waals surface area contributed by atoms with Gasteiger partial charge >= 0.3 is 6.18 Å². The maximum absolute atomic E-state index is 11.8. The zero-order valence-electron chi connectivity index (χ0n) is 8.96. The number of alkyl halides is 3. The Morgan fingerprint density at radius 2 is 2.18 bits per heavy atom. The van der Waals surface area contributed by atoms with E-state index in [-0.39, 0.29) is 12.4 Å². The van der Waals surface area contributed by atoms with E-state index < -0.39 is 12.8 Å². The number of ether oxygens (including phenoxy) is 1. The second-order valence-corrected chi connectivity index (χ2v) is 3.87. The molecule has 0 radical (unpaired) electrons. The van der Waals surface area contributed by atoms with Gasteiger partial charge in [-0.2, -0.15) is 18.2 Å². The van der Waals surface area contributed by atoms with Gasteiger partial charge in [-0.15, -0.1) is 0 Å². The molecular formula is C9H12F3N3O2. The van der Waals surface area contributed by atoms with Gasteiger partial charge in [0.25, 0.3) is 0 Å². The minimum absolute atomic E-state index is 0.127. The Kier molecular flexibility index (Phi) is 3.63. The van der Waals surface area contributed by atoms with Crippen molar-refractivity contribution in [1.29, 1.82) is 0 Å². The topological polar surface area (TPSA) is 60.2 Å². The van der Waals surface area contributed by atoms with E-state index in [4.69, 9.17) is 4.52 Å². The molecule has 1 aromatic rings. The molecule has 96 valence electrons. The van der Waals surface area contributed by atoms with E-state index in [0.717, 1.165) is 12.8 Å².